The van der Waals surface area contributed by atoms with E-state index < -0.39 is 0 Å². The van der Waals surface area contributed by atoms with Crippen LogP contribution in [0.25, 0.3) is 10.9 Å². The molecule has 0 amide bonds. The number of halogens is 2. The van der Waals surface area contributed by atoms with Crippen molar-refractivity contribution in [2.45, 2.75) is 26.3 Å². The third kappa shape index (κ3) is 6.55. The number of guanidine groups is 1. The van der Waals surface area contributed by atoms with Gasteiger partial charge in [-0.3, -0.25) is 9.89 Å². The Morgan fingerprint density at radius 3 is 2.69 bits per heavy atom. The molecule has 1 aromatic heterocycles. The van der Waals surface area contributed by atoms with Crippen molar-refractivity contribution < 1.29 is 4.39 Å². The Hall–Kier alpha value is -1.39. The van der Waals surface area contributed by atoms with Crippen molar-refractivity contribution >= 4 is 40.8 Å². The number of nitrogens with zero attached hydrogens (tertiary/aromatic N) is 3. The number of aliphatic imine (C=N–C) groups is 1. The number of aromatic amines is 1. The molecule has 2 aromatic rings. The predicted molar refractivity (Wildman–Crippen MR) is 130 cm³/mol. The fraction of sp³-hybridized carbons (Fsp3) is 0.571. The molecule has 1 fully saturated rings. The second kappa shape index (κ2) is 11.7. The molecule has 3 rings (SSSR count). The first kappa shape index (κ1) is 23.9. The molecular formula is C21H34FIN6. The molecule has 0 bridgehead atoms. The van der Waals surface area contributed by atoms with Crippen LogP contribution in [0.5, 0.6) is 0 Å². The van der Waals surface area contributed by atoms with Crippen LogP contribution < -0.4 is 10.6 Å². The van der Waals surface area contributed by atoms with Crippen LogP contribution in [0.2, 0.25) is 0 Å². The van der Waals surface area contributed by atoms with Crippen LogP contribution in [-0.2, 0) is 6.42 Å². The molecule has 1 atom stereocenters. The van der Waals surface area contributed by atoms with Crippen molar-refractivity contribution in [3.05, 3.63) is 35.8 Å². The third-order valence-electron chi connectivity index (χ3n) is 5.68. The quantitative estimate of drug-likeness (QED) is 0.301. The average molecular weight is 516 g/mol. The highest BCUT2D eigenvalue weighted by Crippen LogP contribution is 2.19. The highest BCUT2D eigenvalue weighted by Gasteiger charge is 2.20. The van der Waals surface area contributed by atoms with E-state index in [4.69, 9.17) is 0 Å². The van der Waals surface area contributed by atoms with Crippen LogP contribution >= 0.6 is 24.0 Å². The van der Waals surface area contributed by atoms with Gasteiger partial charge in [0.25, 0.3) is 0 Å². The van der Waals surface area contributed by atoms with Gasteiger partial charge in [0.15, 0.2) is 5.96 Å². The molecule has 0 radical (unpaired) electrons. The largest absolute Gasteiger partial charge is 0.361 e. The minimum absolute atomic E-state index is 0. The third-order valence-corrected chi connectivity index (χ3v) is 5.68. The number of hydrogen-bond acceptors (Lipinski definition) is 3. The number of benzene rings is 1. The number of rotatable bonds is 7. The van der Waals surface area contributed by atoms with Crippen LogP contribution in [0.1, 0.15) is 19.4 Å². The maximum atomic E-state index is 13.5. The summed E-state index contributed by atoms with van der Waals surface area (Å²) in [6.07, 6.45) is 2.76. The Morgan fingerprint density at radius 1 is 1.24 bits per heavy atom. The van der Waals surface area contributed by atoms with E-state index in [-0.39, 0.29) is 29.8 Å². The first-order valence-electron chi connectivity index (χ1n) is 10.3. The van der Waals surface area contributed by atoms with E-state index in [9.17, 15) is 4.39 Å². The molecule has 0 aliphatic carbocycles. The molecule has 1 aliphatic rings. The normalized spacial score (nSPS) is 17.2. The van der Waals surface area contributed by atoms with Gasteiger partial charge in [-0.1, -0.05) is 6.92 Å². The van der Waals surface area contributed by atoms with Gasteiger partial charge in [-0.05, 0) is 43.7 Å². The summed E-state index contributed by atoms with van der Waals surface area (Å²) in [5, 5.41) is 7.75. The standard InChI is InChI=1S/C21H33FN6.HI/c1-4-27-9-11-28(12-10-27)16(2)14-26-21(23-3)24-8-7-17-15-25-20-6-5-18(22)13-19(17)20;/h5-6,13,15-16,25H,4,7-12,14H2,1-3H3,(H2,23,24,26);1H. The Morgan fingerprint density at radius 2 is 2.00 bits per heavy atom. The summed E-state index contributed by atoms with van der Waals surface area (Å²) in [6, 6.07) is 5.32. The fourth-order valence-corrected chi connectivity index (χ4v) is 3.79. The van der Waals surface area contributed by atoms with E-state index in [1.807, 2.05) is 6.20 Å². The average Bonchev–Trinajstić information content (AvgIpc) is 3.12. The number of nitrogens with one attached hydrogen (secondary N) is 3. The maximum absolute atomic E-state index is 13.5. The molecule has 3 N–H and O–H groups in total. The molecule has 0 spiro atoms. The number of likely N-dealkylation sites (N-methyl/N-ethyl adjacent to an activating group) is 1. The molecule has 1 aromatic carbocycles. The van der Waals surface area contributed by atoms with Crippen molar-refractivity contribution in [1.29, 1.82) is 0 Å². The number of piperazine rings is 1. The minimum Gasteiger partial charge on any atom is -0.361 e. The van der Waals surface area contributed by atoms with E-state index in [1.54, 1.807) is 19.2 Å². The van der Waals surface area contributed by atoms with E-state index in [2.05, 4.69) is 44.3 Å². The van der Waals surface area contributed by atoms with Crippen molar-refractivity contribution in [2.75, 3.05) is 52.9 Å². The van der Waals surface area contributed by atoms with E-state index in [0.717, 1.165) is 74.7 Å². The monoisotopic (exact) mass is 516 g/mol. The summed E-state index contributed by atoms with van der Waals surface area (Å²) in [5.41, 5.74) is 2.08. The molecule has 6 nitrogen and oxygen atoms in total. The molecule has 1 saturated heterocycles. The molecule has 1 aliphatic heterocycles. The molecule has 1 unspecified atom stereocenters. The van der Waals surface area contributed by atoms with Crippen LogP contribution in [-0.4, -0.2) is 79.6 Å². The van der Waals surface area contributed by atoms with Crippen molar-refractivity contribution in [3.63, 3.8) is 0 Å². The highest BCUT2D eigenvalue weighted by molar-refractivity contribution is 14.0. The van der Waals surface area contributed by atoms with Crippen LogP contribution in [0.4, 0.5) is 4.39 Å². The number of H-pyrrole nitrogens is 1. The highest BCUT2D eigenvalue weighted by atomic mass is 127. The molecule has 0 saturated carbocycles. The molecule has 2 heterocycles. The van der Waals surface area contributed by atoms with Gasteiger partial charge in [0.05, 0.1) is 0 Å². The smallest absolute Gasteiger partial charge is 0.191 e. The maximum Gasteiger partial charge on any atom is 0.191 e. The predicted octanol–water partition coefficient (Wildman–Crippen LogP) is 2.66. The van der Waals surface area contributed by atoms with Crippen LogP contribution in [0.3, 0.4) is 0 Å². The van der Waals surface area contributed by atoms with Gasteiger partial charge in [-0.2, -0.15) is 0 Å². The lowest BCUT2D eigenvalue weighted by molar-refractivity contribution is 0.107. The zero-order chi connectivity index (χ0) is 19.9. The van der Waals surface area contributed by atoms with Gasteiger partial charge < -0.3 is 20.5 Å². The lowest BCUT2D eigenvalue weighted by Crippen LogP contribution is -2.53. The van der Waals surface area contributed by atoms with E-state index in [1.165, 1.54) is 6.07 Å². The lowest BCUT2D eigenvalue weighted by Gasteiger charge is -2.37. The van der Waals surface area contributed by atoms with Crippen LogP contribution in [0, 0.1) is 5.82 Å². The Bertz CT molecular complexity index is 785. The first-order chi connectivity index (χ1) is 13.6. The second-order valence-corrected chi connectivity index (χ2v) is 7.45. The number of hydrogen-bond donors (Lipinski definition) is 3. The van der Waals surface area contributed by atoms with Gasteiger partial charge in [-0.25, -0.2) is 4.39 Å². The van der Waals surface area contributed by atoms with Crippen LogP contribution in [0.15, 0.2) is 29.4 Å². The zero-order valence-corrected chi connectivity index (χ0v) is 20.0. The van der Waals surface area contributed by atoms with Gasteiger partial charge in [0.2, 0.25) is 0 Å². The van der Waals surface area contributed by atoms with Gasteiger partial charge in [0.1, 0.15) is 5.82 Å². The molecule has 162 valence electrons. The molecular weight excluding hydrogens is 482 g/mol. The number of fused-ring (bicyclic) bond motifs is 1. The lowest BCUT2D eigenvalue weighted by atomic mass is 10.1. The van der Waals surface area contributed by atoms with Crippen molar-refractivity contribution in [2.24, 2.45) is 4.99 Å². The summed E-state index contributed by atoms with van der Waals surface area (Å²) in [4.78, 5) is 12.6. The first-order valence-corrected chi connectivity index (χ1v) is 10.3. The van der Waals surface area contributed by atoms with Gasteiger partial charge in [0, 0.05) is 69.5 Å². The fourth-order valence-electron chi connectivity index (χ4n) is 3.79. The summed E-state index contributed by atoms with van der Waals surface area (Å²) in [6.45, 7) is 11.8. The van der Waals surface area contributed by atoms with Gasteiger partial charge >= 0.3 is 0 Å². The second-order valence-electron chi connectivity index (χ2n) is 7.45. The summed E-state index contributed by atoms with van der Waals surface area (Å²) in [7, 11) is 1.79. The number of aromatic nitrogens is 1. The van der Waals surface area contributed by atoms with Crippen molar-refractivity contribution in [1.82, 2.24) is 25.4 Å². The Kier molecular flexibility index (Phi) is 9.64. The molecule has 29 heavy (non-hydrogen) atoms. The zero-order valence-electron chi connectivity index (χ0n) is 17.7. The topological polar surface area (TPSA) is 58.7 Å². The van der Waals surface area contributed by atoms with Crippen molar-refractivity contribution in [3.8, 4) is 0 Å². The van der Waals surface area contributed by atoms with E-state index in [0.29, 0.717) is 6.04 Å². The summed E-state index contributed by atoms with van der Waals surface area (Å²) >= 11 is 0. The Labute approximate surface area is 190 Å². The van der Waals surface area contributed by atoms with E-state index >= 15 is 0 Å². The SMILES string of the molecule is CCN1CCN(C(C)CNC(=NC)NCCc2c[nH]c3ccc(F)cc23)CC1.I. The van der Waals surface area contributed by atoms with Gasteiger partial charge in [-0.15, -0.1) is 24.0 Å². The summed E-state index contributed by atoms with van der Waals surface area (Å²) in [5.74, 6) is 0.609. The Balaban J connectivity index is 0.00000300. The summed E-state index contributed by atoms with van der Waals surface area (Å²) < 4.78 is 13.5. The molecule has 8 heteroatoms. The minimum atomic E-state index is -0.201.